The van der Waals surface area contributed by atoms with Crippen molar-refractivity contribution >= 4 is 22.2 Å². The second-order valence-corrected chi connectivity index (χ2v) is 4.93. The van der Waals surface area contributed by atoms with Crippen molar-refractivity contribution < 1.29 is 0 Å². The SMILES string of the molecule is CCn1c(=O)nc(-c2cccs2)c2ccccc21. The number of benzene rings is 1. The highest BCUT2D eigenvalue weighted by atomic mass is 32.1. The van der Waals surface area contributed by atoms with Crippen LogP contribution in [0.25, 0.3) is 21.5 Å². The van der Waals surface area contributed by atoms with Crippen molar-refractivity contribution in [3.8, 4) is 10.6 Å². The first-order valence-corrected chi connectivity index (χ1v) is 6.72. The Bertz CT molecular complexity index is 744. The van der Waals surface area contributed by atoms with Gasteiger partial charge in [-0.1, -0.05) is 24.3 Å². The number of hydrogen-bond acceptors (Lipinski definition) is 3. The molecule has 3 aromatic rings. The molecule has 0 radical (unpaired) electrons. The number of hydrogen-bond donors (Lipinski definition) is 0. The summed E-state index contributed by atoms with van der Waals surface area (Å²) in [6, 6.07) is 11.9. The molecule has 18 heavy (non-hydrogen) atoms. The fourth-order valence-corrected chi connectivity index (χ4v) is 2.86. The molecule has 0 aliphatic carbocycles. The van der Waals surface area contributed by atoms with Crippen LogP contribution >= 0.6 is 11.3 Å². The van der Waals surface area contributed by atoms with Gasteiger partial charge >= 0.3 is 5.69 Å². The third-order valence-electron chi connectivity index (χ3n) is 2.96. The van der Waals surface area contributed by atoms with Crippen LogP contribution in [0.5, 0.6) is 0 Å². The normalized spacial score (nSPS) is 10.9. The zero-order valence-corrected chi connectivity index (χ0v) is 10.8. The lowest BCUT2D eigenvalue weighted by molar-refractivity contribution is 0.733. The summed E-state index contributed by atoms with van der Waals surface area (Å²) in [5.74, 6) is 0. The van der Waals surface area contributed by atoms with Gasteiger partial charge in [0.2, 0.25) is 0 Å². The molecule has 90 valence electrons. The predicted octanol–water partition coefficient (Wildman–Crippen LogP) is 3.14. The highest BCUT2D eigenvalue weighted by Crippen LogP contribution is 2.28. The van der Waals surface area contributed by atoms with Crippen LogP contribution in [0.4, 0.5) is 0 Å². The Balaban J connectivity index is 2.44. The molecule has 0 unspecified atom stereocenters. The van der Waals surface area contributed by atoms with Crippen LogP contribution in [0, 0.1) is 0 Å². The van der Waals surface area contributed by atoms with E-state index in [0.29, 0.717) is 6.54 Å². The number of thiophene rings is 1. The fourth-order valence-electron chi connectivity index (χ4n) is 2.14. The van der Waals surface area contributed by atoms with Crippen LogP contribution in [0.3, 0.4) is 0 Å². The zero-order valence-electron chi connectivity index (χ0n) is 9.96. The summed E-state index contributed by atoms with van der Waals surface area (Å²) >= 11 is 1.60. The quantitative estimate of drug-likeness (QED) is 0.706. The van der Waals surface area contributed by atoms with E-state index in [4.69, 9.17) is 0 Å². The van der Waals surface area contributed by atoms with Crippen LogP contribution in [-0.4, -0.2) is 9.55 Å². The highest BCUT2D eigenvalue weighted by Gasteiger charge is 2.11. The monoisotopic (exact) mass is 256 g/mol. The molecular formula is C14H12N2OS. The fraction of sp³-hybridized carbons (Fsp3) is 0.143. The summed E-state index contributed by atoms with van der Waals surface area (Å²) in [4.78, 5) is 17.3. The molecule has 0 spiro atoms. The summed E-state index contributed by atoms with van der Waals surface area (Å²) in [7, 11) is 0. The van der Waals surface area contributed by atoms with Gasteiger partial charge in [-0.2, -0.15) is 4.98 Å². The molecule has 0 N–H and O–H groups in total. The van der Waals surface area contributed by atoms with E-state index in [1.807, 2.05) is 48.7 Å². The van der Waals surface area contributed by atoms with E-state index in [0.717, 1.165) is 21.5 Å². The Labute approximate surface area is 108 Å². The number of fused-ring (bicyclic) bond motifs is 1. The number of aromatic nitrogens is 2. The average Bonchev–Trinajstić information content (AvgIpc) is 2.91. The van der Waals surface area contributed by atoms with Gasteiger partial charge in [0.15, 0.2) is 0 Å². The molecule has 2 aromatic heterocycles. The standard InChI is InChI=1S/C14H12N2OS/c1-2-16-11-7-4-3-6-10(11)13(15-14(16)17)12-8-5-9-18-12/h3-9H,2H2,1H3. The Morgan fingerprint density at radius 3 is 2.78 bits per heavy atom. The van der Waals surface area contributed by atoms with Crippen LogP contribution in [0.2, 0.25) is 0 Å². The minimum Gasteiger partial charge on any atom is -0.292 e. The van der Waals surface area contributed by atoms with Crippen molar-refractivity contribution in [2.24, 2.45) is 0 Å². The summed E-state index contributed by atoms with van der Waals surface area (Å²) in [6.45, 7) is 2.59. The van der Waals surface area contributed by atoms with Crippen molar-refractivity contribution in [1.82, 2.24) is 9.55 Å². The molecule has 0 aliphatic rings. The van der Waals surface area contributed by atoms with Crippen molar-refractivity contribution in [2.75, 3.05) is 0 Å². The lowest BCUT2D eigenvalue weighted by atomic mass is 10.1. The molecule has 3 nitrogen and oxygen atoms in total. The zero-order chi connectivity index (χ0) is 12.5. The van der Waals surface area contributed by atoms with Crippen LogP contribution in [-0.2, 0) is 6.54 Å². The molecule has 0 fully saturated rings. The molecule has 3 rings (SSSR count). The van der Waals surface area contributed by atoms with Crippen molar-refractivity contribution in [2.45, 2.75) is 13.5 Å². The Morgan fingerprint density at radius 1 is 1.22 bits per heavy atom. The molecule has 0 amide bonds. The van der Waals surface area contributed by atoms with Crippen LogP contribution < -0.4 is 5.69 Å². The van der Waals surface area contributed by atoms with Gasteiger partial charge in [0.1, 0.15) is 0 Å². The highest BCUT2D eigenvalue weighted by molar-refractivity contribution is 7.13. The van der Waals surface area contributed by atoms with Crippen LogP contribution in [0.1, 0.15) is 6.92 Å². The van der Waals surface area contributed by atoms with Gasteiger partial charge in [-0.25, -0.2) is 4.79 Å². The summed E-state index contributed by atoms with van der Waals surface area (Å²) in [5.41, 5.74) is 1.55. The molecule has 0 saturated heterocycles. The first kappa shape index (κ1) is 11.2. The van der Waals surface area contributed by atoms with E-state index in [9.17, 15) is 4.79 Å². The Kier molecular flexibility index (Phi) is 2.72. The van der Waals surface area contributed by atoms with Crippen molar-refractivity contribution in [3.05, 3.63) is 52.3 Å². The van der Waals surface area contributed by atoms with Crippen LogP contribution in [0.15, 0.2) is 46.6 Å². The number of aryl methyl sites for hydroxylation is 1. The van der Waals surface area contributed by atoms with E-state index >= 15 is 0 Å². The van der Waals surface area contributed by atoms with Gasteiger partial charge < -0.3 is 0 Å². The Hall–Kier alpha value is -1.94. The minimum atomic E-state index is -0.181. The van der Waals surface area contributed by atoms with E-state index in [1.54, 1.807) is 15.9 Å². The third kappa shape index (κ3) is 1.66. The lowest BCUT2D eigenvalue weighted by Gasteiger charge is -2.09. The van der Waals surface area contributed by atoms with E-state index in [1.165, 1.54) is 0 Å². The van der Waals surface area contributed by atoms with E-state index in [2.05, 4.69) is 4.98 Å². The van der Waals surface area contributed by atoms with E-state index < -0.39 is 0 Å². The number of rotatable bonds is 2. The summed E-state index contributed by atoms with van der Waals surface area (Å²) in [6.07, 6.45) is 0. The summed E-state index contributed by atoms with van der Waals surface area (Å²) < 4.78 is 1.70. The van der Waals surface area contributed by atoms with Gasteiger partial charge in [0, 0.05) is 11.9 Å². The molecule has 2 heterocycles. The number of para-hydroxylation sites is 1. The third-order valence-corrected chi connectivity index (χ3v) is 3.84. The predicted molar refractivity (Wildman–Crippen MR) is 75.0 cm³/mol. The molecular weight excluding hydrogens is 244 g/mol. The van der Waals surface area contributed by atoms with Crippen molar-refractivity contribution in [1.29, 1.82) is 0 Å². The maximum Gasteiger partial charge on any atom is 0.348 e. The van der Waals surface area contributed by atoms with Gasteiger partial charge in [-0.15, -0.1) is 11.3 Å². The first-order valence-electron chi connectivity index (χ1n) is 5.84. The second kappa shape index (κ2) is 4.38. The van der Waals surface area contributed by atoms with Gasteiger partial charge in [-0.3, -0.25) is 4.57 Å². The molecule has 4 heteroatoms. The van der Waals surface area contributed by atoms with E-state index in [-0.39, 0.29) is 5.69 Å². The van der Waals surface area contributed by atoms with Gasteiger partial charge in [0.05, 0.1) is 16.1 Å². The average molecular weight is 256 g/mol. The number of nitrogens with zero attached hydrogens (tertiary/aromatic N) is 2. The topological polar surface area (TPSA) is 34.9 Å². The van der Waals surface area contributed by atoms with Gasteiger partial charge in [0.25, 0.3) is 0 Å². The maximum atomic E-state index is 12.0. The summed E-state index contributed by atoms with van der Waals surface area (Å²) in [5, 5.41) is 3.03. The second-order valence-electron chi connectivity index (χ2n) is 3.98. The minimum absolute atomic E-state index is 0.181. The molecule has 0 atom stereocenters. The Morgan fingerprint density at radius 2 is 2.06 bits per heavy atom. The molecule has 0 aliphatic heterocycles. The molecule has 0 saturated carbocycles. The van der Waals surface area contributed by atoms with Crippen molar-refractivity contribution in [3.63, 3.8) is 0 Å². The first-order chi connectivity index (χ1) is 8.81. The largest absolute Gasteiger partial charge is 0.348 e. The molecule has 1 aromatic carbocycles. The maximum absolute atomic E-state index is 12.0. The van der Waals surface area contributed by atoms with Gasteiger partial charge in [-0.05, 0) is 24.4 Å². The molecule has 0 bridgehead atoms. The lowest BCUT2D eigenvalue weighted by Crippen LogP contribution is -2.23. The smallest absolute Gasteiger partial charge is 0.292 e.